The summed E-state index contributed by atoms with van der Waals surface area (Å²) in [7, 11) is 0. The van der Waals surface area contributed by atoms with Crippen molar-refractivity contribution >= 4 is 103 Å². The highest BCUT2D eigenvalue weighted by molar-refractivity contribution is 7.26. The number of anilines is 3. The standard InChI is InChI=1S/C48H29NOS/c1-2-12-34-29-36(25-19-30(34)9-1)49(35-23-20-33(21-24-35)38-16-7-13-31-10-3-5-14-37(31)38)41-17-8-18-43-46(41)47-44(51-43)28-26-40-45-39-15-6-4-11-32(39)22-27-42(45)50-48(40)47/h1-29H. The molecular formula is C48H29NOS. The fourth-order valence-corrected chi connectivity index (χ4v) is 9.21. The van der Waals surface area contributed by atoms with Gasteiger partial charge in [-0.25, -0.2) is 0 Å². The van der Waals surface area contributed by atoms with Crippen LogP contribution in [0.3, 0.4) is 0 Å². The molecule has 0 unspecified atom stereocenters. The quantitative estimate of drug-likeness (QED) is 0.186. The van der Waals surface area contributed by atoms with Gasteiger partial charge >= 0.3 is 0 Å². The van der Waals surface area contributed by atoms with Gasteiger partial charge in [0.1, 0.15) is 11.2 Å². The maximum atomic E-state index is 6.83. The number of rotatable bonds is 4. The van der Waals surface area contributed by atoms with Crippen LogP contribution < -0.4 is 4.90 Å². The van der Waals surface area contributed by atoms with Gasteiger partial charge in [-0.3, -0.25) is 0 Å². The number of nitrogens with zero attached hydrogens (tertiary/aromatic N) is 1. The molecule has 0 atom stereocenters. The van der Waals surface area contributed by atoms with Crippen molar-refractivity contribution in [3.05, 3.63) is 176 Å². The Hall–Kier alpha value is -6.42. The molecule has 0 fully saturated rings. The summed E-state index contributed by atoms with van der Waals surface area (Å²) in [6, 6.07) is 63.7. The van der Waals surface area contributed by atoms with E-state index in [9.17, 15) is 0 Å². The van der Waals surface area contributed by atoms with Gasteiger partial charge in [0.2, 0.25) is 0 Å². The van der Waals surface area contributed by atoms with Crippen molar-refractivity contribution in [2.45, 2.75) is 0 Å². The molecule has 0 amide bonds. The highest BCUT2D eigenvalue weighted by Gasteiger charge is 2.22. The van der Waals surface area contributed by atoms with E-state index >= 15 is 0 Å². The summed E-state index contributed by atoms with van der Waals surface area (Å²) in [5, 5.41) is 12.1. The Morgan fingerprint density at radius 1 is 0.412 bits per heavy atom. The second-order valence-electron chi connectivity index (χ2n) is 13.3. The first-order chi connectivity index (χ1) is 25.3. The molecule has 9 aromatic carbocycles. The lowest BCUT2D eigenvalue weighted by Crippen LogP contribution is -2.10. The van der Waals surface area contributed by atoms with Crippen molar-refractivity contribution in [1.82, 2.24) is 0 Å². The molecule has 3 heteroatoms. The second-order valence-corrected chi connectivity index (χ2v) is 14.4. The van der Waals surface area contributed by atoms with Gasteiger partial charge in [-0.15, -0.1) is 11.3 Å². The van der Waals surface area contributed by atoms with E-state index in [4.69, 9.17) is 4.42 Å². The van der Waals surface area contributed by atoms with Crippen LogP contribution in [0.2, 0.25) is 0 Å². The van der Waals surface area contributed by atoms with Crippen molar-refractivity contribution in [1.29, 1.82) is 0 Å². The molecule has 238 valence electrons. The van der Waals surface area contributed by atoms with Gasteiger partial charge in [0, 0.05) is 42.3 Å². The predicted molar refractivity (Wildman–Crippen MR) is 219 cm³/mol. The van der Waals surface area contributed by atoms with E-state index in [0.717, 1.165) is 33.6 Å². The van der Waals surface area contributed by atoms with Gasteiger partial charge < -0.3 is 9.32 Å². The molecule has 2 aromatic heterocycles. The normalized spacial score (nSPS) is 11.9. The molecule has 0 aliphatic heterocycles. The van der Waals surface area contributed by atoms with E-state index in [-0.39, 0.29) is 0 Å². The van der Waals surface area contributed by atoms with Gasteiger partial charge in [-0.05, 0) is 98.0 Å². The molecule has 51 heavy (non-hydrogen) atoms. The van der Waals surface area contributed by atoms with E-state index in [0.29, 0.717) is 0 Å². The third kappa shape index (κ3) is 4.35. The predicted octanol–water partition coefficient (Wildman–Crippen LogP) is 14.6. The monoisotopic (exact) mass is 667 g/mol. The summed E-state index contributed by atoms with van der Waals surface area (Å²) < 4.78 is 9.29. The van der Waals surface area contributed by atoms with E-state index < -0.39 is 0 Å². The largest absolute Gasteiger partial charge is 0.455 e. The van der Waals surface area contributed by atoms with Crippen LogP contribution in [0, 0.1) is 0 Å². The Bertz CT molecular complexity index is 3140. The van der Waals surface area contributed by atoms with Crippen molar-refractivity contribution in [3.63, 3.8) is 0 Å². The average molecular weight is 668 g/mol. The molecule has 0 spiro atoms. The highest BCUT2D eigenvalue weighted by Crippen LogP contribution is 2.49. The number of benzene rings is 9. The number of fused-ring (bicyclic) bond motifs is 11. The van der Waals surface area contributed by atoms with Crippen LogP contribution >= 0.6 is 11.3 Å². The first-order valence-corrected chi connectivity index (χ1v) is 18.2. The lowest BCUT2D eigenvalue weighted by atomic mass is 9.98. The fraction of sp³-hybridized carbons (Fsp3) is 0. The van der Waals surface area contributed by atoms with E-state index in [1.54, 1.807) is 0 Å². The van der Waals surface area contributed by atoms with Crippen molar-refractivity contribution < 1.29 is 4.42 Å². The zero-order valence-electron chi connectivity index (χ0n) is 27.5. The van der Waals surface area contributed by atoms with Crippen LogP contribution in [0.1, 0.15) is 0 Å². The minimum Gasteiger partial charge on any atom is -0.455 e. The van der Waals surface area contributed by atoms with E-state index in [1.807, 2.05) is 11.3 Å². The minimum atomic E-state index is 0.920. The summed E-state index contributed by atoms with van der Waals surface area (Å²) >= 11 is 1.83. The Balaban J connectivity index is 1.18. The zero-order chi connectivity index (χ0) is 33.5. The lowest BCUT2D eigenvalue weighted by molar-refractivity contribution is 0.673. The Labute approximate surface area is 298 Å². The second kappa shape index (κ2) is 11.0. The van der Waals surface area contributed by atoms with Gasteiger partial charge in [0.05, 0.1) is 5.69 Å². The SMILES string of the molecule is c1ccc2cc(N(c3ccc(-c4cccc5ccccc45)cc3)c3cccc4sc5ccc6c(oc7ccc8ccccc8c76)c5c34)ccc2c1. The molecule has 0 radical (unpaired) electrons. The molecule has 11 rings (SSSR count). The summed E-state index contributed by atoms with van der Waals surface area (Å²) in [6.45, 7) is 0. The molecule has 0 aliphatic carbocycles. The van der Waals surface area contributed by atoms with Gasteiger partial charge in [0.25, 0.3) is 0 Å². The van der Waals surface area contributed by atoms with Crippen LogP contribution in [0.25, 0.3) is 85.6 Å². The number of hydrogen-bond acceptors (Lipinski definition) is 3. The molecule has 0 N–H and O–H groups in total. The molecule has 11 aromatic rings. The van der Waals surface area contributed by atoms with Crippen molar-refractivity contribution in [2.24, 2.45) is 0 Å². The zero-order valence-corrected chi connectivity index (χ0v) is 28.3. The van der Waals surface area contributed by atoms with Crippen LogP contribution in [0.5, 0.6) is 0 Å². The first kappa shape index (κ1) is 28.4. The summed E-state index contributed by atoms with van der Waals surface area (Å²) in [4.78, 5) is 2.42. The maximum Gasteiger partial charge on any atom is 0.144 e. The molecule has 0 bridgehead atoms. The third-order valence-electron chi connectivity index (χ3n) is 10.4. The summed E-state index contributed by atoms with van der Waals surface area (Å²) in [5.74, 6) is 0. The molecule has 2 nitrogen and oxygen atoms in total. The third-order valence-corrected chi connectivity index (χ3v) is 11.5. The lowest BCUT2D eigenvalue weighted by Gasteiger charge is -2.27. The average Bonchev–Trinajstić information content (AvgIpc) is 3.77. The molecular weight excluding hydrogens is 639 g/mol. The molecule has 0 saturated carbocycles. The highest BCUT2D eigenvalue weighted by atomic mass is 32.1. The fourth-order valence-electron chi connectivity index (χ4n) is 8.08. The number of furan rings is 1. The summed E-state index contributed by atoms with van der Waals surface area (Å²) in [5.41, 5.74) is 7.65. The topological polar surface area (TPSA) is 16.4 Å². The molecule has 0 saturated heterocycles. The van der Waals surface area contributed by atoms with Gasteiger partial charge in [-0.2, -0.15) is 0 Å². The smallest absolute Gasteiger partial charge is 0.144 e. The first-order valence-electron chi connectivity index (χ1n) is 17.3. The Kier molecular flexibility index (Phi) is 6.16. The van der Waals surface area contributed by atoms with Crippen molar-refractivity contribution in [2.75, 3.05) is 4.90 Å². The minimum absolute atomic E-state index is 0.920. The number of thiophene rings is 1. The Morgan fingerprint density at radius 2 is 1.08 bits per heavy atom. The molecule has 2 heterocycles. The van der Waals surface area contributed by atoms with Crippen LogP contribution in [0.15, 0.2) is 180 Å². The Morgan fingerprint density at radius 3 is 1.94 bits per heavy atom. The van der Waals surface area contributed by atoms with Gasteiger partial charge in [-0.1, -0.05) is 121 Å². The summed E-state index contributed by atoms with van der Waals surface area (Å²) in [6.07, 6.45) is 0. The number of hydrogen-bond donors (Lipinski definition) is 0. The van der Waals surface area contributed by atoms with Crippen molar-refractivity contribution in [3.8, 4) is 11.1 Å². The van der Waals surface area contributed by atoms with Crippen LogP contribution in [-0.2, 0) is 0 Å². The van der Waals surface area contributed by atoms with E-state index in [2.05, 4.69) is 181 Å². The maximum absolute atomic E-state index is 6.83. The van der Waals surface area contributed by atoms with Crippen LogP contribution in [0.4, 0.5) is 17.1 Å². The van der Waals surface area contributed by atoms with Crippen LogP contribution in [-0.4, -0.2) is 0 Å². The van der Waals surface area contributed by atoms with Gasteiger partial charge in [0.15, 0.2) is 0 Å². The van der Waals surface area contributed by atoms with E-state index in [1.165, 1.54) is 69.0 Å². The molecule has 0 aliphatic rings.